The molecule has 0 spiro atoms. The van der Waals surface area contributed by atoms with Crippen molar-refractivity contribution < 1.29 is 57.1 Å². The fourth-order valence-electron chi connectivity index (χ4n) is 1.38. The predicted molar refractivity (Wildman–Crippen MR) is 52.1 cm³/mol. The first kappa shape index (κ1) is 14.7. The van der Waals surface area contributed by atoms with E-state index in [9.17, 15) is 18.1 Å². The second-order valence-corrected chi connectivity index (χ2v) is 4.68. The number of fused-ring (bicyclic) bond motifs is 1. The van der Waals surface area contributed by atoms with Gasteiger partial charge in [-0.15, -0.1) is 0 Å². The van der Waals surface area contributed by atoms with E-state index in [-0.39, 0.29) is 35.1 Å². The summed E-state index contributed by atoms with van der Waals surface area (Å²) in [5.41, 5.74) is -2.11. The Balaban J connectivity index is 0.00000144. The molecule has 0 saturated heterocycles. The van der Waals surface area contributed by atoms with E-state index in [2.05, 4.69) is 0 Å². The number of ether oxygens (including phenoxy) is 2. The van der Waals surface area contributed by atoms with E-state index in [1.807, 2.05) is 0 Å². The molecule has 0 bridgehead atoms. The molecule has 1 aliphatic heterocycles. The summed E-state index contributed by atoms with van der Waals surface area (Å²) in [7, 11) is -4.77. The summed E-state index contributed by atoms with van der Waals surface area (Å²) >= 11 is 0. The Morgan fingerprint density at radius 1 is 1.24 bits per heavy atom. The van der Waals surface area contributed by atoms with Crippen molar-refractivity contribution in [3.8, 4) is 11.5 Å². The fourth-order valence-corrected chi connectivity index (χ4v) is 1.86. The van der Waals surface area contributed by atoms with Gasteiger partial charge in [0.05, 0.1) is 0 Å². The molecule has 1 aliphatic rings. The van der Waals surface area contributed by atoms with E-state index < -0.39 is 15.6 Å². The van der Waals surface area contributed by atoms with Crippen molar-refractivity contribution >= 4 is 10.1 Å². The molecule has 8 heteroatoms. The van der Waals surface area contributed by atoms with Gasteiger partial charge in [-0.05, 0) is 17.7 Å². The molecule has 0 saturated carbocycles. The third-order valence-electron chi connectivity index (χ3n) is 2.12. The van der Waals surface area contributed by atoms with Crippen LogP contribution in [0.25, 0.3) is 0 Å². The molecule has 6 nitrogen and oxygen atoms in total. The van der Waals surface area contributed by atoms with Gasteiger partial charge >= 0.3 is 29.6 Å². The normalized spacial score (nSPS) is 15.9. The SMILES string of the molecule is O=S(=O)([O-])C(O)c1ccc2c(c1)OCCO2.[Na+]. The zero-order chi connectivity index (χ0) is 11.8. The second-order valence-electron chi connectivity index (χ2n) is 3.25. The monoisotopic (exact) mass is 268 g/mol. The van der Waals surface area contributed by atoms with Gasteiger partial charge < -0.3 is 19.1 Å². The third-order valence-corrected chi connectivity index (χ3v) is 2.94. The molecule has 0 fully saturated rings. The van der Waals surface area contributed by atoms with Crippen molar-refractivity contribution in [2.45, 2.75) is 5.44 Å². The number of aliphatic hydroxyl groups is 1. The van der Waals surface area contributed by atoms with E-state index in [4.69, 9.17) is 9.47 Å². The van der Waals surface area contributed by atoms with Crippen LogP contribution in [0.15, 0.2) is 18.2 Å². The Morgan fingerprint density at radius 2 is 1.82 bits per heavy atom. The minimum atomic E-state index is -4.77. The Hall–Kier alpha value is -0.310. The molecule has 17 heavy (non-hydrogen) atoms. The van der Waals surface area contributed by atoms with Crippen LogP contribution in [0.1, 0.15) is 11.0 Å². The summed E-state index contributed by atoms with van der Waals surface area (Å²) in [6.45, 7) is 0.755. The van der Waals surface area contributed by atoms with E-state index in [1.165, 1.54) is 18.2 Å². The maximum atomic E-state index is 10.6. The molecule has 0 aliphatic carbocycles. The van der Waals surface area contributed by atoms with E-state index in [1.54, 1.807) is 0 Å². The maximum Gasteiger partial charge on any atom is 1.00 e. The van der Waals surface area contributed by atoms with Crippen LogP contribution >= 0.6 is 0 Å². The van der Waals surface area contributed by atoms with Gasteiger partial charge in [0.1, 0.15) is 23.3 Å². The van der Waals surface area contributed by atoms with Gasteiger partial charge in [-0.2, -0.15) is 0 Å². The third kappa shape index (κ3) is 3.34. The molecule has 0 radical (unpaired) electrons. The number of aliphatic hydroxyl groups excluding tert-OH is 1. The summed E-state index contributed by atoms with van der Waals surface area (Å²) < 4.78 is 42.3. The Kier molecular flexibility index (Phi) is 4.82. The molecule has 2 rings (SSSR count). The predicted octanol–water partition coefficient (Wildman–Crippen LogP) is -3.00. The minimum Gasteiger partial charge on any atom is -0.746 e. The average Bonchev–Trinajstić information content (AvgIpc) is 2.26. The van der Waals surface area contributed by atoms with Gasteiger partial charge in [-0.1, -0.05) is 6.07 Å². The molecule has 0 aromatic heterocycles. The summed E-state index contributed by atoms with van der Waals surface area (Å²) in [4.78, 5) is 0. The molecular formula is C9H9NaO6S. The molecule has 1 unspecified atom stereocenters. The molecule has 1 N–H and O–H groups in total. The van der Waals surface area contributed by atoms with Crippen LogP contribution in [-0.2, 0) is 10.1 Å². The molecule has 88 valence electrons. The smallest absolute Gasteiger partial charge is 0.746 e. The topological polar surface area (TPSA) is 95.9 Å². The summed E-state index contributed by atoms with van der Waals surface area (Å²) in [5.74, 6) is 0.789. The first-order valence-corrected chi connectivity index (χ1v) is 5.98. The van der Waals surface area contributed by atoms with Gasteiger partial charge in [0.25, 0.3) is 0 Å². The minimum absolute atomic E-state index is 0. The molecule has 1 heterocycles. The van der Waals surface area contributed by atoms with Crippen molar-refractivity contribution in [3.63, 3.8) is 0 Å². The van der Waals surface area contributed by atoms with Crippen LogP contribution in [0.4, 0.5) is 0 Å². The Morgan fingerprint density at radius 3 is 2.41 bits per heavy atom. The van der Waals surface area contributed by atoms with Crippen LogP contribution in [0.3, 0.4) is 0 Å². The first-order valence-electron chi connectivity index (χ1n) is 4.51. The van der Waals surface area contributed by atoms with E-state index in [0.29, 0.717) is 24.7 Å². The van der Waals surface area contributed by atoms with Gasteiger partial charge in [-0.3, -0.25) is 0 Å². The molecule has 0 amide bonds. The maximum absolute atomic E-state index is 10.6. The van der Waals surface area contributed by atoms with Gasteiger partial charge in [0.15, 0.2) is 16.9 Å². The van der Waals surface area contributed by atoms with Crippen LogP contribution in [0, 0.1) is 0 Å². The van der Waals surface area contributed by atoms with E-state index in [0.717, 1.165) is 0 Å². The molecule has 1 aromatic carbocycles. The summed E-state index contributed by atoms with van der Waals surface area (Å²) in [6, 6.07) is 4.06. The molecule has 1 atom stereocenters. The van der Waals surface area contributed by atoms with Gasteiger partial charge in [-0.25, -0.2) is 8.42 Å². The molecule has 1 aromatic rings. The van der Waals surface area contributed by atoms with Crippen LogP contribution in [0.2, 0.25) is 0 Å². The summed E-state index contributed by atoms with van der Waals surface area (Å²) in [6.07, 6.45) is 0. The van der Waals surface area contributed by atoms with Crippen LogP contribution < -0.4 is 39.0 Å². The number of rotatable bonds is 2. The second kappa shape index (κ2) is 5.55. The van der Waals surface area contributed by atoms with E-state index >= 15 is 0 Å². The van der Waals surface area contributed by atoms with Crippen molar-refractivity contribution in [1.82, 2.24) is 0 Å². The van der Waals surface area contributed by atoms with Crippen molar-refractivity contribution in [1.29, 1.82) is 0 Å². The number of hydrogen-bond donors (Lipinski definition) is 1. The fraction of sp³-hybridized carbons (Fsp3) is 0.333. The van der Waals surface area contributed by atoms with Crippen molar-refractivity contribution in [2.75, 3.05) is 13.2 Å². The zero-order valence-electron chi connectivity index (χ0n) is 9.12. The molecular weight excluding hydrogens is 259 g/mol. The van der Waals surface area contributed by atoms with Gasteiger partial charge in [0.2, 0.25) is 0 Å². The Labute approximate surface area is 121 Å². The number of benzene rings is 1. The van der Waals surface area contributed by atoms with Crippen LogP contribution in [0.5, 0.6) is 11.5 Å². The largest absolute Gasteiger partial charge is 1.00 e. The summed E-state index contributed by atoms with van der Waals surface area (Å²) in [5, 5.41) is 9.26. The van der Waals surface area contributed by atoms with Crippen molar-refractivity contribution in [3.05, 3.63) is 23.8 Å². The zero-order valence-corrected chi connectivity index (χ0v) is 11.9. The van der Waals surface area contributed by atoms with Crippen LogP contribution in [-0.4, -0.2) is 31.3 Å². The van der Waals surface area contributed by atoms with Crippen molar-refractivity contribution in [2.24, 2.45) is 0 Å². The standard InChI is InChI=1S/C9H10O6S.Na/c10-9(16(11,12)13)6-1-2-7-8(5-6)15-4-3-14-7;/h1-2,5,9-10H,3-4H2,(H,11,12,13);/q;+1/p-1. The quantitative estimate of drug-likeness (QED) is 0.453. The Bertz CT molecular complexity index is 500. The average molecular weight is 268 g/mol. The first-order chi connectivity index (χ1) is 7.48. The van der Waals surface area contributed by atoms with Gasteiger partial charge in [0, 0.05) is 0 Å². The number of hydrogen-bond acceptors (Lipinski definition) is 6.